The van der Waals surface area contributed by atoms with Crippen molar-refractivity contribution >= 4 is 5.69 Å². The van der Waals surface area contributed by atoms with Crippen LogP contribution in [0.2, 0.25) is 0 Å². The fraction of sp³-hybridized carbons (Fsp3) is 0.286. The summed E-state index contributed by atoms with van der Waals surface area (Å²) in [5.74, 6) is -0.300. The van der Waals surface area contributed by atoms with Crippen LogP contribution >= 0.6 is 0 Å². The molecule has 0 unspecified atom stereocenters. The summed E-state index contributed by atoms with van der Waals surface area (Å²) in [6.07, 6.45) is 0.866. The molecule has 7 heteroatoms. The van der Waals surface area contributed by atoms with Crippen LogP contribution in [0.4, 0.5) is 14.5 Å². The van der Waals surface area contributed by atoms with E-state index in [1.165, 1.54) is 6.92 Å². The summed E-state index contributed by atoms with van der Waals surface area (Å²) >= 11 is 0. The smallest absolute Gasteiger partial charge is 0.388 e. The van der Waals surface area contributed by atoms with Crippen molar-refractivity contribution in [1.82, 2.24) is 4.98 Å². The molecule has 0 aromatic carbocycles. The molecule has 1 aromatic rings. The minimum atomic E-state index is -2.98. The summed E-state index contributed by atoms with van der Waals surface area (Å²) < 4.78 is 27.5. The van der Waals surface area contributed by atoms with E-state index in [1.54, 1.807) is 0 Å². The molecule has 0 amide bonds. The van der Waals surface area contributed by atoms with E-state index < -0.39 is 11.5 Å². The third-order valence-corrected chi connectivity index (χ3v) is 1.43. The highest BCUT2D eigenvalue weighted by molar-refractivity contribution is 5.36. The molecule has 0 fully saturated rings. The first-order valence-electron chi connectivity index (χ1n) is 3.56. The van der Waals surface area contributed by atoms with Crippen molar-refractivity contribution in [3.05, 3.63) is 27.9 Å². The summed E-state index contributed by atoms with van der Waals surface area (Å²) in [7, 11) is 0. The SMILES string of the molecule is Cc1cc([N+](=O)[O-])cnc1OC(F)F. The third kappa shape index (κ3) is 2.35. The predicted octanol–water partition coefficient (Wildman–Crippen LogP) is 1.90. The largest absolute Gasteiger partial charge is 0.417 e. The van der Waals surface area contributed by atoms with Gasteiger partial charge in [-0.2, -0.15) is 8.78 Å². The number of nitrogens with zero attached hydrogens (tertiary/aromatic N) is 2. The lowest BCUT2D eigenvalue weighted by Crippen LogP contribution is -2.05. The van der Waals surface area contributed by atoms with Crippen molar-refractivity contribution in [1.29, 1.82) is 0 Å². The van der Waals surface area contributed by atoms with E-state index in [0.29, 0.717) is 0 Å². The number of hydrogen-bond acceptors (Lipinski definition) is 4. The first-order valence-corrected chi connectivity index (χ1v) is 3.56. The Hall–Kier alpha value is -1.79. The van der Waals surface area contributed by atoms with Gasteiger partial charge in [0.1, 0.15) is 6.20 Å². The minimum Gasteiger partial charge on any atom is -0.417 e. The zero-order valence-electron chi connectivity index (χ0n) is 7.11. The van der Waals surface area contributed by atoms with Gasteiger partial charge >= 0.3 is 6.61 Å². The van der Waals surface area contributed by atoms with Crippen molar-refractivity contribution in [3.63, 3.8) is 0 Å². The Morgan fingerprint density at radius 3 is 2.71 bits per heavy atom. The lowest BCUT2D eigenvalue weighted by atomic mass is 10.3. The molecule has 1 heterocycles. The summed E-state index contributed by atoms with van der Waals surface area (Å²) in [6.45, 7) is -1.58. The molecule has 0 atom stereocenters. The van der Waals surface area contributed by atoms with Crippen molar-refractivity contribution in [3.8, 4) is 5.88 Å². The Morgan fingerprint density at radius 2 is 2.29 bits per heavy atom. The van der Waals surface area contributed by atoms with Gasteiger partial charge in [-0.25, -0.2) is 4.98 Å². The monoisotopic (exact) mass is 204 g/mol. The quantitative estimate of drug-likeness (QED) is 0.557. The van der Waals surface area contributed by atoms with E-state index in [0.717, 1.165) is 12.3 Å². The highest BCUT2D eigenvalue weighted by Gasteiger charge is 2.13. The molecule has 14 heavy (non-hydrogen) atoms. The number of rotatable bonds is 3. The first-order chi connectivity index (χ1) is 6.50. The Bertz CT molecular complexity index is 357. The summed E-state index contributed by atoms with van der Waals surface area (Å²) in [5, 5.41) is 10.3. The van der Waals surface area contributed by atoms with Crippen LogP contribution in [0.3, 0.4) is 0 Å². The molecule has 0 aliphatic carbocycles. The fourth-order valence-electron chi connectivity index (χ4n) is 0.855. The maximum absolute atomic E-state index is 11.8. The highest BCUT2D eigenvalue weighted by Crippen LogP contribution is 2.20. The molecule has 0 bridgehead atoms. The van der Waals surface area contributed by atoms with Crippen molar-refractivity contribution in [2.24, 2.45) is 0 Å². The fourth-order valence-corrected chi connectivity index (χ4v) is 0.855. The van der Waals surface area contributed by atoms with Crippen LogP contribution in [0.15, 0.2) is 12.3 Å². The average molecular weight is 204 g/mol. The van der Waals surface area contributed by atoms with Crippen LogP contribution in [0.5, 0.6) is 5.88 Å². The summed E-state index contributed by atoms with van der Waals surface area (Å²) in [4.78, 5) is 13.0. The maximum Gasteiger partial charge on any atom is 0.388 e. The number of aromatic nitrogens is 1. The van der Waals surface area contributed by atoms with Gasteiger partial charge in [0.15, 0.2) is 0 Å². The maximum atomic E-state index is 11.8. The molecule has 0 N–H and O–H groups in total. The van der Waals surface area contributed by atoms with Crippen LogP contribution in [0, 0.1) is 17.0 Å². The third-order valence-electron chi connectivity index (χ3n) is 1.43. The Balaban J connectivity index is 2.95. The van der Waals surface area contributed by atoms with Gasteiger partial charge in [-0.05, 0) is 6.92 Å². The molecule has 1 rings (SSSR count). The van der Waals surface area contributed by atoms with E-state index in [1.807, 2.05) is 0 Å². The second-order valence-electron chi connectivity index (χ2n) is 2.45. The first kappa shape index (κ1) is 10.3. The van der Waals surface area contributed by atoms with E-state index in [4.69, 9.17) is 0 Å². The molecule has 0 saturated carbocycles. The minimum absolute atomic E-state index is 0.194. The molecule has 0 aliphatic heterocycles. The van der Waals surface area contributed by atoms with Gasteiger partial charge in [-0.3, -0.25) is 10.1 Å². The lowest BCUT2D eigenvalue weighted by Gasteiger charge is -2.05. The normalized spacial score (nSPS) is 10.3. The van der Waals surface area contributed by atoms with Crippen molar-refractivity contribution < 1.29 is 18.4 Å². The van der Waals surface area contributed by atoms with Crippen LogP contribution in [-0.4, -0.2) is 16.5 Å². The van der Waals surface area contributed by atoms with Gasteiger partial charge in [-0.1, -0.05) is 0 Å². The van der Waals surface area contributed by atoms with Crippen LogP contribution in [0.1, 0.15) is 5.56 Å². The molecule has 0 aliphatic rings. The summed E-state index contributed by atoms with van der Waals surface area (Å²) in [6, 6.07) is 1.12. The van der Waals surface area contributed by atoms with E-state index in [9.17, 15) is 18.9 Å². The second-order valence-corrected chi connectivity index (χ2v) is 2.45. The second kappa shape index (κ2) is 3.95. The average Bonchev–Trinajstić information content (AvgIpc) is 2.07. The number of aryl methyl sites for hydroxylation is 1. The van der Waals surface area contributed by atoms with E-state index >= 15 is 0 Å². The number of alkyl halides is 2. The van der Waals surface area contributed by atoms with Gasteiger partial charge in [0, 0.05) is 11.6 Å². The number of nitro groups is 1. The molecule has 76 valence electrons. The predicted molar refractivity (Wildman–Crippen MR) is 42.3 cm³/mol. The number of hydrogen-bond donors (Lipinski definition) is 0. The van der Waals surface area contributed by atoms with Gasteiger partial charge in [0.25, 0.3) is 5.69 Å². The van der Waals surface area contributed by atoms with Crippen LogP contribution in [0.25, 0.3) is 0 Å². The Kier molecular flexibility index (Phi) is 2.90. The standard InChI is InChI=1S/C7H6F2N2O3/c1-4-2-5(11(12)13)3-10-6(4)14-7(8)9/h2-3,7H,1H3. The zero-order chi connectivity index (χ0) is 10.7. The highest BCUT2D eigenvalue weighted by atomic mass is 19.3. The number of halogens is 2. The Morgan fingerprint density at radius 1 is 1.64 bits per heavy atom. The van der Waals surface area contributed by atoms with Gasteiger partial charge < -0.3 is 4.74 Å². The number of pyridine rings is 1. The van der Waals surface area contributed by atoms with Gasteiger partial charge in [0.05, 0.1) is 4.92 Å². The molecular weight excluding hydrogens is 198 g/mol. The molecule has 0 saturated heterocycles. The van der Waals surface area contributed by atoms with Crippen LogP contribution < -0.4 is 4.74 Å². The summed E-state index contributed by atoms with van der Waals surface area (Å²) in [5.41, 5.74) is -0.0661. The lowest BCUT2D eigenvalue weighted by molar-refractivity contribution is -0.385. The topological polar surface area (TPSA) is 65.3 Å². The number of ether oxygens (including phenoxy) is 1. The molecule has 0 spiro atoms. The molecule has 1 aromatic heterocycles. The molecular formula is C7H6F2N2O3. The molecule has 5 nitrogen and oxygen atoms in total. The van der Waals surface area contributed by atoms with Gasteiger partial charge in [0.2, 0.25) is 5.88 Å². The van der Waals surface area contributed by atoms with Crippen LogP contribution in [-0.2, 0) is 0 Å². The van der Waals surface area contributed by atoms with Crippen molar-refractivity contribution in [2.75, 3.05) is 0 Å². The van der Waals surface area contributed by atoms with E-state index in [-0.39, 0.29) is 17.1 Å². The zero-order valence-corrected chi connectivity index (χ0v) is 7.11. The Labute approximate surface area is 77.5 Å². The van der Waals surface area contributed by atoms with Gasteiger partial charge in [-0.15, -0.1) is 0 Å². The van der Waals surface area contributed by atoms with E-state index in [2.05, 4.69) is 9.72 Å². The molecule has 0 radical (unpaired) electrons. The van der Waals surface area contributed by atoms with Crippen molar-refractivity contribution in [2.45, 2.75) is 13.5 Å².